The highest BCUT2D eigenvalue weighted by molar-refractivity contribution is 9.10. The number of carbonyl (C=O) groups excluding carboxylic acids is 2. The zero-order chi connectivity index (χ0) is 24.0. The molecule has 180 valence electrons. The van der Waals surface area contributed by atoms with E-state index in [2.05, 4.69) is 28.2 Å². The fourth-order valence-electron chi connectivity index (χ4n) is 6.09. The second-order valence-electron chi connectivity index (χ2n) is 9.56. The molecule has 1 spiro atoms. The molecule has 4 atom stereocenters. The van der Waals surface area contributed by atoms with Crippen molar-refractivity contribution in [3.8, 4) is 11.5 Å². The molecule has 7 nitrogen and oxygen atoms in total. The van der Waals surface area contributed by atoms with E-state index in [1.54, 1.807) is 12.0 Å². The highest BCUT2D eigenvalue weighted by atomic mass is 79.9. The third-order valence-corrected chi connectivity index (χ3v) is 8.48. The lowest BCUT2D eigenvalue weighted by molar-refractivity contribution is -0.127. The molecule has 34 heavy (non-hydrogen) atoms. The van der Waals surface area contributed by atoms with Gasteiger partial charge in [0.1, 0.15) is 27.9 Å². The molecule has 1 fully saturated rings. The minimum Gasteiger partial charge on any atom is -0.495 e. The Balaban J connectivity index is 1.57. The average molecular weight is 529 g/mol. The van der Waals surface area contributed by atoms with Crippen molar-refractivity contribution in [2.45, 2.75) is 56.8 Å². The van der Waals surface area contributed by atoms with Gasteiger partial charge >= 0.3 is 6.03 Å². The molecule has 2 aliphatic heterocycles. The monoisotopic (exact) mass is 528 g/mol. The van der Waals surface area contributed by atoms with E-state index >= 15 is 0 Å². The van der Waals surface area contributed by atoms with E-state index in [-0.39, 0.29) is 30.4 Å². The number of nitrogens with zero attached hydrogens (tertiary/aromatic N) is 1. The number of ketones is 1. The van der Waals surface area contributed by atoms with Crippen LogP contribution in [0.25, 0.3) is 0 Å². The van der Waals surface area contributed by atoms with Crippen LogP contribution in [0.5, 0.6) is 11.5 Å². The maximum Gasteiger partial charge on any atom is 0.318 e. The van der Waals surface area contributed by atoms with E-state index in [0.29, 0.717) is 43.9 Å². The Kier molecular flexibility index (Phi) is 6.06. The van der Waals surface area contributed by atoms with E-state index in [0.717, 1.165) is 21.2 Å². The third-order valence-electron chi connectivity index (χ3n) is 7.73. The summed E-state index contributed by atoms with van der Waals surface area (Å²) in [6.07, 6.45) is 0.981. The number of carbonyl (C=O) groups is 2. The SMILES string of the molecule is COc1cc2c3c(c1Br)O[C@@H]1CC(=O)C[C@@H](C)[C@]31C[C@@H](CO)N(C(=O)NCc1ccccc1)C2. The average Bonchev–Trinajstić information content (AvgIpc) is 3.09. The number of amides is 2. The second-order valence-corrected chi connectivity index (χ2v) is 10.4. The van der Waals surface area contributed by atoms with E-state index in [1.807, 2.05) is 36.4 Å². The lowest BCUT2D eigenvalue weighted by Gasteiger charge is -2.44. The van der Waals surface area contributed by atoms with Crippen LogP contribution >= 0.6 is 15.9 Å². The van der Waals surface area contributed by atoms with Crippen LogP contribution in [0.3, 0.4) is 0 Å². The van der Waals surface area contributed by atoms with Crippen molar-refractivity contribution >= 4 is 27.7 Å². The topological polar surface area (TPSA) is 88.1 Å². The first-order chi connectivity index (χ1) is 16.4. The lowest BCUT2D eigenvalue weighted by atomic mass is 9.59. The largest absolute Gasteiger partial charge is 0.495 e. The Morgan fingerprint density at radius 2 is 2.09 bits per heavy atom. The number of aliphatic hydroxyl groups excluding tert-OH is 1. The van der Waals surface area contributed by atoms with Gasteiger partial charge in [-0.25, -0.2) is 4.79 Å². The molecule has 2 aromatic carbocycles. The Bertz CT molecular complexity index is 1120. The number of rotatable bonds is 4. The summed E-state index contributed by atoms with van der Waals surface area (Å²) in [7, 11) is 1.60. The van der Waals surface area contributed by atoms with Crippen molar-refractivity contribution in [1.29, 1.82) is 0 Å². The van der Waals surface area contributed by atoms with Gasteiger partial charge in [-0.15, -0.1) is 0 Å². The molecule has 2 N–H and O–H groups in total. The smallest absolute Gasteiger partial charge is 0.318 e. The summed E-state index contributed by atoms with van der Waals surface area (Å²) in [6, 6.07) is 11.1. The molecule has 1 aliphatic carbocycles. The van der Waals surface area contributed by atoms with Gasteiger partial charge in [0.15, 0.2) is 0 Å². The molecule has 0 aromatic heterocycles. The van der Waals surface area contributed by atoms with E-state index in [4.69, 9.17) is 9.47 Å². The number of benzene rings is 2. The molecular formula is C26H29BrN2O5. The van der Waals surface area contributed by atoms with Gasteiger partial charge in [0.2, 0.25) is 0 Å². The molecule has 0 saturated heterocycles. The third kappa shape index (κ3) is 3.58. The molecule has 2 heterocycles. The fraction of sp³-hybridized carbons (Fsp3) is 0.462. The summed E-state index contributed by atoms with van der Waals surface area (Å²) >= 11 is 3.65. The van der Waals surface area contributed by atoms with Gasteiger partial charge in [0.05, 0.1) is 19.8 Å². The van der Waals surface area contributed by atoms with Crippen LogP contribution in [0.4, 0.5) is 4.79 Å². The maximum absolute atomic E-state index is 13.4. The first kappa shape index (κ1) is 23.2. The number of methoxy groups -OCH3 is 1. The molecule has 2 aromatic rings. The highest BCUT2D eigenvalue weighted by Crippen LogP contribution is 2.60. The van der Waals surface area contributed by atoms with Gasteiger partial charge in [-0.05, 0) is 45.5 Å². The van der Waals surface area contributed by atoms with Crippen LogP contribution in [0.2, 0.25) is 0 Å². The number of Topliss-reactive ketones (excluding diaryl/α,β-unsaturated/α-hetero) is 1. The number of aliphatic hydroxyl groups is 1. The van der Waals surface area contributed by atoms with Crippen LogP contribution in [0, 0.1) is 5.92 Å². The van der Waals surface area contributed by atoms with Crippen LogP contribution in [-0.2, 0) is 23.3 Å². The van der Waals surface area contributed by atoms with Crippen molar-refractivity contribution in [3.05, 3.63) is 57.6 Å². The summed E-state index contributed by atoms with van der Waals surface area (Å²) < 4.78 is 12.8. The van der Waals surface area contributed by atoms with Crippen LogP contribution in [0.15, 0.2) is 40.9 Å². The summed E-state index contributed by atoms with van der Waals surface area (Å²) in [5, 5.41) is 13.5. The second kappa shape index (κ2) is 8.89. The normalized spacial score (nSPS) is 27.4. The zero-order valence-corrected chi connectivity index (χ0v) is 20.9. The molecule has 3 aliphatic rings. The Morgan fingerprint density at radius 3 is 2.79 bits per heavy atom. The Morgan fingerprint density at radius 1 is 1.32 bits per heavy atom. The number of halogens is 1. The van der Waals surface area contributed by atoms with Crippen molar-refractivity contribution in [2.24, 2.45) is 5.92 Å². The highest BCUT2D eigenvalue weighted by Gasteiger charge is 2.60. The van der Waals surface area contributed by atoms with Gasteiger partial charge in [0.25, 0.3) is 0 Å². The number of hydrogen-bond acceptors (Lipinski definition) is 5. The Hall–Kier alpha value is -2.58. The molecule has 1 saturated carbocycles. The first-order valence-electron chi connectivity index (χ1n) is 11.7. The lowest BCUT2D eigenvalue weighted by Crippen LogP contribution is -2.54. The standard InChI is InChI=1S/C26H29BrN2O5/c1-15-8-19(31)10-21-26(15)11-18(14-30)29(25(32)28-12-16-6-4-3-5-7-16)13-17-9-20(33-2)23(27)24(34-21)22(17)26/h3-7,9,15,18,21,30H,8,10-14H2,1-2H3,(H,28,32)/t15-,18+,21-,26+/m1/s1. The van der Waals surface area contributed by atoms with Crippen molar-refractivity contribution in [3.63, 3.8) is 0 Å². The number of hydrogen-bond donors (Lipinski definition) is 2. The van der Waals surface area contributed by atoms with Crippen molar-refractivity contribution in [2.75, 3.05) is 13.7 Å². The van der Waals surface area contributed by atoms with Gasteiger partial charge in [0, 0.05) is 36.9 Å². The first-order valence-corrected chi connectivity index (χ1v) is 12.5. The van der Waals surface area contributed by atoms with Crippen LogP contribution in [-0.4, -0.2) is 47.7 Å². The molecule has 0 bridgehead atoms. The Labute approximate surface area is 207 Å². The predicted molar refractivity (Wildman–Crippen MR) is 130 cm³/mol. The van der Waals surface area contributed by atoms with Crippen molar-refractivity contribution in [1.82, 2.24) is 10.2 Å². The maximum atomic E-state index is 13.4. The van der Waals surface area contributed by atoms with Gasteiger partial charge in [-0.1, -0.05) is 37.3 Å². The summed E-state index contributed by atoms with van der Waals surface area (Å²) in [4.78, 5) is 27.7. The molecule has 0 radical (unpaired) electrons. The summed E-state index contributed by atoms with van der Waals surface area (Å²) in [5.74, 6) is 1.51. The molecule has 2 amide bonds. The van der Waals surface area contributed by atoms with E-state index in [9.17, 15) is 14.7 Å². The van der Waals surface area contributed by atoms with E-state index in [1.165, 1.54) is 0 Å². The van der Waals surface area contributed by atoms with Crippen molar-refractivity contribution < 1.29 is 24.2 Å². The van der Waals surface area contributed by atoms with Gasteiger partial charge < -0.3 is 24.8 Å². The van der Waals surface area contributed by atoms with Gasteiger partial charge in [-0.2, -0.15) is 0 Å². The minimum absolute atomic E-state index is 0.0143. The van der Waals surface area contributed by atoms with E-state index < -0.39 is 11.5 Å². The van der Waals surface area contributed by atoms with Crippen LogP contribution < -0.4 is 14.8 Å². The molecular weight excluding hydrogens is 500 g/mol. The fourth-order valence-corrected chi connectivity index (χ4v) is 6.66. The summed E-state index contributed by atoms with van der Waals surface area (Å²) in [5.41, 5.74) is 2.52. The predicted octanol–water partition coefficient (Wildman–Crippen LogP) is 3.93. The number of ether oxygens (including phenoxy) is 2. The number of nitrogens with one attached hydrogen (secondary N) is 1. The quantitative estimate of drug-likeness (QED) is 0.627. The van der Waals surface area contributed by atoms with Crippen LogP contribution in [0.1, 0.15) is 42.9 Å². The molecule has 5 rings (SSSR count). The minimum atomic E-state index is -0.463. The number of urea groups is 1. The summed E-state index contributed by atoms with van der Waals surface area (Å²) in [6.45, 7) is 2.63. The van der Waals surface area contributed by atoms with Gasteiger partial charge in [-0.3, -0.25) is 4.79 Å². The molecule has 8 heteroatoms. The zero-order valence-electron chi connectivity index (χ0n) is 19.3. The molecule has 0 unspecified atom stereocenters.